The summed E-state index contributed by atoms with van der Waals surface area (Å²) in [6.07, 6.45) is 2.51. The Kier molecular flexibility index (Phi) is 6.06. The summed E-state index contributed by atoms with van der Waals surface area (Å²) in [5.41, 5.74) is 2.69. The van der Waals surface area contributed by atoms with E-state index < -0.39 is 0 Å². The van der Waals surface area contributed by atoms with Crippen molar-refractivity contribution in [3.05, 3.63) is 47.5 Å². The van der Waals surface area contributed by atoms with Crippen LogP contribution in [0.2, 0.25) is 0 Å². The molecule has 1 amide bonds. The normalized spacial score (nSPS) is 13.4. The first-order valence-electron chi connectivity index (χ1n) is 9.09. The van der Waals surface area contributed by atoms with Gasteiger partial charge < -0.3 is 24.4 Å². The highest BCUT2D eigenvalue weighted by Crippen LogP contribution is 2.39. The molecule has 1 fully saturated rings. The van der Waals surface area contributed by atoms with Gasteiger partial charge >= 0.3 is 0 Å². The van der Waals surface area contributed by atoms with Crippen molar-refractivity contribution in [2.45, 2.75) is 19.4 Å². The Bertz CT molecular complexity index is 784. The number of carbonyl (C=O) groups excluding carboxylic acids is 1. The van der Waals surface area contributed by atoms with E-state index in [0.717, 1.165) is 18.7 Å². The van der Waals surface area contributed by atoms with Crippen LogP contribution in [0.5, 0.6) is 17.2 Å². The van der Waals surface area contributed by atoms with Crippen molar-refractivity contribution >= 4 is 11.6 Å². The monoisotopic (exact) mass is 370 g/mol. The average Bonchev–Trinajstić information content (AvgIpc) is 3.25. The van der Waals surface area contributed by atoms with E-state index in [1.54, 1.807) is 19.2 Å². The first-order valence-corrected chi connectivity index (χ1v) is 9.09. The van der Waals surface area contributed by atoms with Crippen molar-refractivity contribution < 1.29 is 19.0 Å². The lowest BCUT2D eigenvalue weighted by Crippen LogP contribution is -2.23. The average molecular weight is 370 g/mol. The maximum atomic E-state index is 12.6. The van der Waals surface area contributed by atoms with Crippen LogP contribution in [0.15, 0.2) is 36.4 Å². The summed E-state index contributed by atoms with van der Waals surface area (Å²) in [4.78, 5) is 15.0. The zero-order chi connectivity index (χ0) is 19.2. The number of amides is 1. The number of ether oxygens (including phenoxy) is 3. The second-order valence-corrected chi connectivity index (χ2v) is 6.43. The predicted octanol–water partition coefficient (Wildman–Crippen LogP) is 3.24. The number of anilines is 1. The Labute approximate surface area is 160 Å². The lowest BCUT2D eigenvalue weighted by molar-refractivity contribution is 0.0947. The van der Waals surface area contributed by atoms with Gasteiger partial charge in [-0.2, -0.15) is 0 Å². The third-order valence-electron chi connectivity index (χ3n) is 4.81. The molecule has 0 atom stereocenters. The first kappa shape index (κ1) is 18.9. The van der Waals surface area contributed by atoms with Crippen LogP contribution in [-0.4, -0.2) is 40.3 Å². The van der Waals surface area contributed by atoms with E-state index in [9.17, 15) is 4.79 Å². The van der Waals surface area contributed by atoms with Gasteiger partial charge in [0.1, 0.15) is 0 Å². The molecule has 0 bridgehead atoms. The molecule has 1 aliphatic heterocycles. The van der Waals surface area contributed by atoms with Gasteiger partial charge in [-0.25, -0.2) is 0 Å². The number of nitrogens with one attached hydrogen (secondary N) is 1. The molecule has 2 aromatic carbocycles. The topological polar surface area (TPSA) is 60.0 Å². The number of methoxy groups -OCH3 is 3. The van der Waals surface area contributed by atoms with Gasteiger partial charge in [-0.3, -0.25) is 4.79 Å². The predicted molar refractivity (Wildman–Crippen MR) is 105 cm³/mol. The molecule has 0 unspecified atom stereocenters. The van der Waals surface area contributed by atoms with Crippen LogP contribution < -0.4 is 24.4 Å². The summed E-state index contributed by atoms with van der Waals surface area (Å²) in [7, 11) is 4.57. The highest BCUT2D eigenvalue weighted by atomic mass is 16.5. The van der Waals surface area contributed by atoms with E-state index in [2.05, 4.69) is 34.5 Å². The van der Waals surface area contributed by atoms with Crippen molar-refractivity contribution in [2.24, 2.45) is 0 Å². The SMILES string of the molecule is COc1ccc(C(=O)NCc2ccc(N3CCCC3)cc2)c(OC)c1OC. The second kappa shape index (κ2) is 8.66. The summed E-state index contributed by atoms with van der Waals surface area (Å²) in [5.74, 6) is 1.06. The lowest BCUT2D eigenvalue weighted by atomic mass is 10.1. The van der Waals surface area contributed by atoms with Crippen molar-refractivity contribution in [2.75, 3.05) is 39.3 Å². The van der Waals surface area contributed by atoms with Gasteiger partial charge in [0.25, 0.3) is 5.91 Å². The number of carbonyl (C=O) groups is 1. The van der Waals surface area contributed by atoms with Gasteiger partial charge in [-0.15, -0.1) is 0 Å². The molecule has 6 nitrogen and oxygen atoms in total. The molecule has 1 heterocycles. The third-order valence-corrected chi connectivity index (χ3v) is 4.81. The fourth-order valence-corrected chi connectivity index (χ4v) is 3.36. The molecule has 0 aromatic heterocycles. The Morgan fingerprint density at radius 2 is 1.59 bits per heavy atom. The summed E-state index contributed by atoms with van der Waals surface area (Å²) in [5, 5.41) is 2.94. The van der Waals surface area contributed by atoms with E-state index in [1.807, 2.05) is 0 Å². The summed E-state index contributed by atoms with van der Waals surface area (Å²) in [6, 6.07) is 11.7. The zero-order valence-corrected chi connectivity index (χ0v) is 16.1. The van der Waals surface area contributed by atoms with Crippen LogP contribution in [0.1, 0.15) is 28.8 Å². The lowest BCUT2D eigenvalue weighted by Gasteiger charge is -2.18. The van der Waals surface area contributed by atoms with Crippen molar-refractivity contribution in [1.82, 2.24) is 5.32 Å². The van der Waals surface area contributed by atoms with E-state index in [1.165, 1.54) is 32.7 Å². The summed E-state index contributed by atoms with van der Waals surface area (Å²) in [6.45, 7) is 2.68. The van der Waals surface area contributed by atoms with Crippen molar-refractivity contribution in [3.63, 3.8) is 0 Å². The number of hydrogen-bond acceptors (Lipinski definition) is 5. The smallest absolute Gasteiger partial charge is 0.255 e. The number of hydrogen-bond donors (Lipinski definition) is 1. The standard InChI is InChI=1S/C21H26N2O4/c1-25-18-11-10-17(19(26-2)20(18)27-3)21(24)22-14-15-6-8-16(9-7-15)23-12-4-5-13-23/h6-11H,4-5,12-14H2,1-3H3,(H,22,24). The minimum Gasteiger partial charge on any atom is -0.493 e. The van der Waals surface area contributed by atoms with Gasteiger partial charge in [0.2, 0.25) is 5.75 Å². The Morgan fingerprint density at radius 1 is 0.926 bits per heavy atom. The molecule has 0 radical (unpaired) electrons. The highest BCUT2D eigenvalue weighted by molar-refractivity contribution is 5.98. The van der Waals surface area contributed by atoms with Gasteiger partial charge in [-0.1, -0.05) is 12.1 Å². The van der Waals surface area contributed by atoms with Crippen molar-refractivity contribution in [1.29, 1.82) is 0 Å². The van der Waals surface area contributed by atoms with Crippen LogP contribution in [-0.2, 0) is 6.54 Å². The molecule has 0 spiro atoms. The Morgan fingerprint density at radius 3 is 2.19 bits per heavy atom. The molecule has 0 aliphatic carbocycles. The molecule has 0 saturated carbocycles. The maximum absolute atomic E-state index is 12.6. The molecule has 27 heavy (non-hydrogen) atoms. The Hall–Kier alpha value is -2.89. The first-order chi connectivity index (χ1) is 13.2. The number of rotatable bonds is 7. The van der Waals surface area contributed by atoms with Gasteiger partial charge in [0.05, 0.1) is 26.9 Å². The van der Waals surface area contributed by atoms with E-state index in [0.29, 0.717) is 29.4 Å². The molecule has 144 valence electrons. The van der Waals surface area contributed by atoms with E-state index in [4.69, 9.17) is 14.2 Å². The molecule has 1 N–H and O–H groups in total. The van der Waals surface area contributed by atoms with Gasteiger partial charge in [0, 0.05) is 25.3 Å². The Balaban J connectivity index is 1.68. The third kappa shape index (κ3) is 4.10. The summed E-state index contributed by atoms with van der Waals surface area (Å²) < 4.78 is 16.0. The minimum absolute atomic E-state index is 0.226. The maximum Gasteiger partial charge on any atom is 0.255 e. The molecular formula is C21H26N2O4. The van der Waals surface area contributed by atoms with Crippen LogP contribution in [0.4, 0.5) is 5.69 Å². The molecular weight excluding hydrogens is 344 g/mol. The molecule has 6 heteroatoms. The summed E-state index contributed by atoms with van der Waals surface area (Å²) >= 11 is 0. The molecule has 2 aromatic rings. The largest absolute Gasteiger partial charge is 0.493 e. The van der Waals surface area contributed by atoms with Gasteiger partial charge in [-0.05, 0) is 42.7 Å². The van der Waals surface area contributed by atoms with Crippen LogP contribution in [0.25, 0.3) is 0 Å². The fourth-order valence-electron chi connectivity index (χ4n) is 3.36. The van der Waals surface area contributed by atoms with Crippen LogP contribution in [0.3, 0.4) is 0 Å². The van der Waals surface area contributed by atoms with Gasteiger partial charge in [0.15, 0.2) is 11.5 Å². The number of benzene rings is 2. The minimum atomic E-state index is -0.226. The fraction of sp³-hybridized carbons (Fsp3) is 0.381. The van der Waals surface area contributed by atoms with Crippen molar-refractivity contribution in [3.8, 4) is 17.2 Å². The molecule has 1 aliphatic rings. The van der Waals surface area contributed by atoms with Crippen LogP contribution >= 0.6 is 0 Å². The second-order valence-electron chi connectivity index (χ2n) is 6.43. The molecule has 3 rings (SSSR count). The van der Waals surface area contributed by atoms with E-state index in [-0.39, 0.29) is 5.91 Å². The van der Waals surface area contributed by atoms with E-state index >= 15 is 0 Å². The van der Waals surface area contributed by atoms with Crippen LogP contribution in [0, 0.1) is 0 Å². The number of nitrogens with zero attached hydrogens (tertiary/aromatic N) is 1. The highest BCUT2D eigenvalue weighted by Gasteiger charge is 2.20. The zero-order valence-electron chi connectivity index (χ0n) is 16.1. The molecule has 1 saturated heterocycles. The quantitative estimate of drug-likeness (QED) is 0.811.